The van der Waals surface area contributed by atoms with Crippen LogP contribution in [0.4, 0.5) is 0 Å². The van der Waals surface area contributed by atoms with E-state index in [1.165, 1.54) is 90.3 Å². The molecule has 0 heterocycles. The van der Waals surface area contributed by atoms with E-state index in [9.17, 15) is 0 Å². The van der Waals surface area contributed by atoms with Crippen LogP contribution in [-0.2, 0) is 19.9 Å². The molecule has 0 bridgehead atoms. The predicted octanol–water partition coefficient (Wildman–Crippen LogP) is 3.82. The van der Waals surface area contributed by atoms with Gasteiger partial charge in [0.15, 0.2) is 0 Å². The summed E-state index contributed by atoms with van der Waals surface area (Å²) in [5, 5.41) is 0. The van der Waals surface area contributed by atoms with Gasteiger partial charge in [0, 0.05) is 0 Å². The van der Waals surface area contributed by atoms with E-state index in [0.29, 0.717) is 0 Å². The molecule has 0 radical (unpaired) electrons. The van der Waals surface area contributed by atoms with E-state index in [-0.39, 0.29) is 7.92 Å². The minimum atomic E-state index is 0.278. The van der Waals surface area contributed by atoms with Gasteiger partial charge >= 0.3 is 20.7 Å². The van der Waals surface area contributed by atoms with Crippen LogP contribution >= 0.6 is 7.92 Å². The molecule has 2 rings (SSSR count). The standard InChI is InChI=1S/C14H28NP.Ir.H/c15-11-12-16(13-7-3-1-4-8-13)14-9-5-2-6-10-14;;/h13-14H,1-12,15H2;;/i;;1+1. The van der Waals surface area contributed by atoms with Crippen molar-refractivity contribution in [3.05, 3.63) is 0 Å². The van der Waals surface area contributed by atoms with Crippen molar-refractivity contribution in [2.45, 2.75) is 75.5 Å². The van der Waals surface area contributed by atoms with Gasteiger partial charge in [-0.25, -0.2) is 0 Å². The fourth-order valence-electron chi connectivity index (χ4n) is 3.64. The summed E-state index contributed by atoms with van der Waals surface area (Å²) >= 11 is 1.25. The van der Waals surface area contributed by atoms with E-state index in [0.717, 1.165) is 17.9 Å². The first-order chi connectivity index (χ1) is 8.92. The number of hydrogen-bond acceptors (Lipinski definition) is 1. The van der Waals surface area contributed by atoms with Crippen LogP contribution < -0.4 is 5.73 Å². The van der Waals surface area contributed by atoms with Crippen LogP contribution in [0.2, 0.25) is 0 Å². The van der Waals surface area contributed by atoms with Crippen LogP contribution in [0.25, 0.3) is 0 Å². The van der Waals surface area contributed by atoms with Gasteiger partial charge in [0.2, 0.25) is 0 Å². The molecule has 2 aliphatic carbocycles. The normalized spacial score (nSPS) is 24.1. The second-order valence-corrected chi connectivity index (χ2v) is 8.55. The van der Waals surface area contributed by atoms with Crippen molar-refractivity contribution < 1.29 is 19.9 Å². The zero-order chi connectivity index (χ0) is 13.2. The van der Waals surface area contributed by atoms with E-state index in [1.54, 1.807) is 0 Å². The Bertz CT molecular complexity index is 176. The molecule has 1 nitrogen and oxygen atoms in total. The number of rotatable bonds is 4. The zero-order valence-corrected chi connectivity index (χ0v) is 14.3. The van der Waals surface area contributed by atoms with Crippen molar-refractivity contribution in [3.8, 4) is 0 Å². The first kappa shape index (κ1) is 14.4. The Morgan fingerprint density at radius 2 is 1.29 bits per heavy atom. The molecule has 3 heteroatoms. The van der Waals surface area contributed by atoms with E-state index in [2.05, 4.69) is 0 Å². The number of nitrogens with two attached hydrogens (primary N) is 1. The molecule has 2 N–H and O–H groups in total. The topological polar surface area (TPSA) is 26.0 Å². The monoisotopic (exact) mass is 436 g/mol. The van der Waals surface area contributed by atoms with Gasteiger partial charge in [-0.05, 0) is 49.7 Å². The Labute approximate surface area is 122 Å². The van der Waals surface area contributed by atoms with E-state index in [1.807, 2.05) is 0 Å². The molecule has 2 saturated carbocycles. The molecule has 0 aromatic heterocycles. The average molecular weight is 436 g/mol. The Morgan fingerprint density at radius 1 is 0.882 bits per heavy atom. The summed E-state index contributed by atoms with van der Waals surface area (Å²) in [6.45, 7) is 0.943. The molecule has 0 amide bonds. The van der Waals surface area contributed by atoms with Gasteiger partial charge < -0.3 is 5.73 Å². The molecular formula is C14H29IrNP. The summed E-state index contributed by atoms with van der Waals surface area (Å²) in [7, 11) is 0.278. The number of hydrogen-bond donors (Lipinski definition) is 1. The van der Waals surface area contributed by atoms with Gasteiger partial charge in [-0.3, -0.25) is 0 Å². The van der Waals surface area contributed by atoms with Gasteiger partial charge in [-0.1, -0.05) is 46.4 Å². The molecule has 2 fully saturated rings. The van der Waals surface area contributed by atoms with Gasteiger partial charge in [0.1, 0.15) is 0 Å². The maximum absolute atomic E-state index is 5.86. The molecule has 0 atom stereocenters. The van der Waals surface area contributed by atoms with Crippen LogP contribution in [0.3, 0.4) is 0 Å². The van der Waals surface area contributed by atoms with Crippen molar-refractivity contribution >= 4 is 7.92 Å². The molecule has 17 heavy (non-hydrogen) atoms. The molecule has 0 unspecified atom stereocenters. The van der Waals surface area contributed by atoms with Gasteiger partial charge in [-0.2, -0.15) is 0 Å². The summed E-state index contributed by atoms with van der Waals surface area (Å²) < 4.78 is 5.75. The third-order valence-corrected chi connectivity index (χ3v) is 8.16. The fraction of sp³-hybridized carbons (Fsp3) is 1.00. The minimum absolute atomic E-state index is 0.278. The second kappa shape index (κ2) is 9.02. The Morgan fingerprint density at radius 3 is 1.65 bits per heavy atom. The summed E-state index contributed by atoms with van der Waals surface area (Å²) in [5.74, 6) is 0. The molecule has 0 aromatic carbocycles. The van der Waals surface area contributed by atoms with E-state index < -0.39 is 0 Å². The molecule has 0 spiro atoms. The Hall–Kier alpha value is 1.04. The van der Waals surface area contributed by atoms with Gasteiger partial charge in [0.05, 0.1) is 0 Å². The second-order valence-electron chi connectivity index (χ2n) is 5.61. The van der Waals surface area contributed by atoms with Crippen molar-refractivity contribution in [2.24, 2.45) is 5.73 Å². The van der Waals surface area contributed by atoms with Crippen molar-refractivity contribution in [3.63, 3.8) is 0 Å². The summed E-state index contributed by atoms with van der Waals surface area (Å²) in [6, 6.07) is 0. The third kappa shape index (κ3) is 4.90. The first-order valence-corrected chi connectivity index (χ1v) is 9.04. The predicted molar refractivity (Wildman–Crippen MR) is 76.0 cm³/mol. The average Bonchev–Trinajstić information content (AvgIpc) is 2.49. The van der Waals surface area contributed by atoms with Crippen LogP contribution in [0.15, 0.2) is 0 Å². The third-order valence-electron chi connectivity index (χ3n) is 4.47. The van der Waals surface area contributed by atoms with Crippen molar-refractivity contribution in [2.75, 3.05) is 12.7 Å². The molecule has 0 aliphatic heterocycles. The van der Waals surface area contributed by atoms with E-state index >= 15 is 0 Å². The van der Waals surface area contributed by atoms with Crippen LogP contribution in [0.1, 0.15) is 64.2 Å². The van der Waals surface area contributed by atoms with Crippen LogP contribution in [0.5, 0.6) is 0 Å². The van der Waals surface area contributed by atoms with Gasteiger partial charge in [-0.15, -0.1) is 0 Å². The van der Waals surface area contributed by atoms with E-state index in [4.69, 9.17) is 6.53 Å². The Kier molecular flexibility index (Phi) is 7.67. The fourth-order valence-corrected chi connectivity index (χ4v) is 7.32. The van der Waals surface area contributed by atoms with Crippen LogP contribution in [-0.4, -0.2) is 24.8 Å². The molecule has 0 aromatic rings. The zero-order valence-electron chi connectivity index (χ0n) is 12.0. The van der Waals surface area contributed by atoms with Crippen molar-refractivity contribution in [1.82, 2.24) is 0 Å². The maximum atomic E-state index is 5.86. The quantitative estimate of drug-likeness (QED) is 0.668. The summed E-state index contributed by atoms with van der Waals surface area (Å²) in [5.41, 5.74) is 8.04. The SMILES string of the molecule is NCCP(C1CCCCC1)C1CCCCC1.[2H][Ir]. The van der Waals surface area contributed by atoms with Gasteiger partial charge in [0.25, 0.3) is 0 Å². The molecule has 104 valence electrons. The van der Waals surface area contributed by atoms with Crippen LogP contribution in [0, 0.1) is 0 Å². The van der Waals surface area contributed by atoms with Crippen molar-refractivity contribution in [1.29, 1.82) is 0.800 Å². The Balaban J connectivity index is 0.000000771. The molecular weight excluding hydrogens is 405 g/mol. The first-order valence-electron chi connectivity index (χ1n) is 7.71. The summed E-state index contributed by atoms with van der Waals surface area (Å²) in [4.78, 5) is 0. The summed E-state index contributed by atoms with van der Waals surface area (Å²) in [6.07, 6.45) is 16.5. The molecule has 2 aliphatic rings. The molecule has 0 saturated heterocycles.